The molecule has 1 fully saturated rings. The van der Waals surface area contributed by atoms with Crippen LogP contribution in [-0.2, 0) is 19.6 Å². The van der Waals surface area contributed by atoms with Gasteiger partial charge in [0.15, 0.2) is 6.10 Å². The van der Waals surface area contributed by atoms with Gasteiger partial charge in [-0.05, 0) is 44.9 Å². The fourth-order valence-corrected chi connectivity index (χ4v) is 4.79. The van der Waals surface area contributed by atoms with E-state index in [9.17, 15) is 22.8 Å². The Balaban J connectivity index is 2.14. The van der Waals surface area contributed by atoms with Crippen molar-refractivity contribution in [2.24, 2.45) is 0 Å². The van der Waals surface area contributed by atoms with Crippen LogP contribution in [0.2, 0.25) is 5.02 Å². The first-order chi connectivity index (χ1) is 13.7. The highest BCUT2D eigenvalue weighted by molar-refractivity contribution is 7.89. The topological polar surface area (TPSA) is 122 Å². The average Bonchev–Trinajstić information content (AvgIpc) is 2.68. The minimum absolute atomic E-state index is 0.00542. The van der Waals surface area contributed by atoms with Crippen LogP contribution in [-0.4, -0.2) is 56.4 Å². The Labute approximate surface area is 174 Å². The number of halogens is 1. The molecule has 1 aromatic carbocycles. The number of piperidine rings is 1. The molecule has 0 bridgehead atoms. The Morgan fingerprint density at radius 3 is 2.48 bits per heavy atom. The van der Waals surface area contributed by atoms with Crippen LogP contribution in [0, 0.1) is 0 Å². The first kappa shape index (κ1) is 23.1. The van der Waals surface area contributed by atoms with Gasteiger partial charge in [0.2, 0.25) is 10.0 Å². The second-order valence-corrected chi connectivity index (χ2v) is 8.82. The zero-order chi connectivity index (χ0) is 21.6. The van der Waals surface area contributed by atoms with Gasteiger partial charge < -0.3 is 10.1 Å². The zero-order valence-electron chi connectivity index (χ0n) is 16.2. The van der Waals surface area contributed by atoms with Gasteiger partial charge in [-0.3, -0.25) is 10.1 Å². The maximum atomic E-state index is 12.9. The monoisotopic (exact) mass is 445 g/mol. The molecular weight excluding hydrogens is 422 g/mol. The van der Waals surface area contributed by atoms with E-state index in [1.54, 1.807) is 6.92 Å². The summed E-state index contributed by atoms with van der Waals surface area (Å²) in [4.78, 5) is 35.5. The van der Waals surface area contributed by atoms with Crippen LogP contribution in [0.5, 0.6) is 0 Å². The van der Waals surface area contributed by atoms with E-state index >= 15 is 0 Å². The molecule has 1 aliphatic rings. The van der Waals surface area contributed by atoms with E-state index in [0.717, 1.165) is 25.3 Å². The number of nitrogens with one attached hydrogen (secondary N) is 2. The van der Waals surface area contributed by atoms with E-state index in [4.69, 9.17) is 16.3 Å². The van der Waals surface area contributed by atoms with E-state index in [-0.39, 0.29) is 15.5 Å². The van der Waals surface area contributed by atoms with Crippen LogP contribution in [0.4, 0.5) is 4.79 Å². The lowest BCUT2D eigenvalue weighted by atomic mass is 10.2. The van der Waals surface area contributed by atoms with Crippen LogP contribution < -0.4 is 10.6 Å². The second kappa shape index (κ2) is 10.0. The van der Waals surface area contributed by atoms with Gasteiger partial charge in [0, 0.05) is 19.6 Å². The van der Waals surface area contributed by atoms with Crippen LogP contribution in [0.3, 0.4) is 0 Å². The number of hydrogen-bond donors (Lipinski definition) is 2. The number of sulfonamides is 1. The van der Waals surface area contributed by atoms with Gasteiger partial charge in [-0.25, -0.2) is 18.0 Å². The Hall–Kier alpha value is -2.17. The quantitative estimate of drug-likeness (QED) is 0.645. The molecule has 29 heavy (non-hydrogen) atoms. The van der Waals surface area contributed by atoms with Crippen molar-refractivity contribution in [1.29, 1.82) is 0 Å². The molecule has 3 amide bonds. The van der Waals surface area contributed by atoms with Crippen molar-refractivity contribution in [2.75, 3.05) is 19.6 Å². The highest BCUT2D eigenvalue weighted by atomic mass is 35.5. The number of urea groups is 1. The third-order valence-corrected chi connectivity index (χ3v) is 6.71. The summed E-state index contributed by atoms with van der Waals surface area (Å²) in [5, 5.41) is 4.41. The molecule has 9 nitrogen and oxygen atoms in total. The summed E-state index contributed by atoms with van der Waals surface area (Å²) in [6.07, 6.45) is 1.22. The molecule has 0 aliphatic carbocycles. The van der Waals surface area contributed by atoms with Gasteiger partial charge in [-0.15, -0.1) is 0 Å². The molecule has 2 rings (SSSR count). The van der Waals surface area contributed by atoms with Crippen molar-refractivity contribution in [3.05, 3.63) is 28.8 Å². The Morgan fingerprint density at radius 1 is 1.21 bits per heavy atom. The summed E-state index contributed by atoms with van der Waals surface area (Å²) in [5.74, 6) is -1.71. The standard InChI is InChI=1S/C18H24ClN3O6S/c1-3-20-18(25)21-16(23)12(2)28-17(24)13-7-8-14(19)15(11-13)29(26,27)22-9-5-4-6-10-22/h7-8,11-12H,3-6,9-10H2,1-2H3,(H2,20,21,23,25)/t12-/m1/s1. The zero-order valence-corrected chi connectivity index (χ0v) is 17.8. The second-order valence-electron chi connectivity index (χ2n) is 6.51. The van der Waals surface area contributed by atoms with E-state index in [1.165, 1.54) is 23.4 Å². The maximum Gasteiger partial charge on any atom is 0.338 e. The van der Waals surface area contributed by atoms with Crippen molar-refractivity contribution in [1.82, 2.24) is 14.9 Å². The van der Waals surface area contributed by atoms with Crippen LogP contribution in [0.1, 0.15) is 43.5 Å². The van der Waals surface area contributed by atoms with E-state index in [2.05, 4.69) is 5.32 Å². The fourth-order valence-electron chi connectivity index (χ4n) is 2.77. The van der Waals surface area contributed by atoms with Crippen LogP contribution in [0.15, 0.2) is 23.1 Å². The molecule has 160 valence electrons. The van der Waals surface area contributed by atoms with Gasteiger partial charge >= 0.3 is 12.0 Å². The Kier molecular flexibility index (Phi) is 8.00. The first-order valence-electron chi connectivity index (χ1n) is 9.26. The van der Waals surface area contributed by atoms with E-state index in [1.807, 2.05) is 5.32 Å². The molecule has 0 aromatic heterocycles. The normalized spacial score (nSPS) is 16.0. The van der Waals surface area contributed by atoms with Gasteiger partial charge in [-0.1, -0.05) is 18.0 Å². The lowest BCUT2D eigenvalue weighted by molar-refractivity contribution is -0.127. The third kappa shape index (κ3) is 5.91. The number of rotatable bonds is 6. The minimum Gasteiger partial charge on any atom is -0.449 e. The molecule has 1 saturated heterocycles. The first-order valence-corrected chi connectivity index (χ1v) is 11.1. The highest BCUT2D eigenvalue weighted by Crippen LogP contribution is 2.28. The molecule has 2 N–H and O–H groups in total. The summed E-state index contributed by atoms with van der Waals surface area (Å²) in [7, 11) is -3.85. The summed E-state index contributed by atoms with van der Waals surface area (Å²) >= 11 is 6.08. The van der Waals surface area contributed by atoms with Crippen LogP contribution >= 0.6 is 11.6 Å². The average molecular weight is 446 g/mol. The maximum absolute atomic E-state index is 12.9. The van der Waals surface area contributed by atoms with Gasteiger partial charge in [0.1, 0.15) is 4.90 Å². The van der Waals surface area contributed by atoms with E-state index < -0.39 is 34.0 Å². The SMILES string of the molecule is CCNC(=O)NC(=O)[C@@H](C)OC(=O)c1ccc(Cl)c(S(=O)(=O)N2CCCCC2)c1. The summed E-state index contributed by atoms with van der Waals surface area (Å²) in [6, 6.07) is 3.05. The van der Waals surface area contributed by atoms with Crippen LogP contribution in [0.25, 0.3) is 0 Å². The molecule has 0 radical (unpaired) electrons. The van der Waals surface area contributed by atoms with Gasteiger partial charge in [0.25, 0.3) is 5.91 Å². The molecule has 1 aliphatic heterocycles. The molecular formula is C18H24ClN3O6S. The Morgan fingerprint density at radius 2 is 1.86 bits per heavy atom. The predicted molar refractivity (Wildman–Crippen MR) is 106 cm³/mol. The number of ether oxygens (including phenoxy) is 1. The molecule has 1 atom stereocenters. The molecule has 0 saturated carbocycles. The number of esters is 1. The summed E-state index contributed by atoms with van der Waals surface area (Å²) < 4.78 is 32.1. The lowest BCUT2D eigenvalue weighted by Crippen LogP contribution is -2.44. The van der Waals surface area contributed by atoms with Crippen molar-refractivity contribution >= 4 is 39.5 Å². The molecule has 0 unspecified atom stereocenters. The molecule has 0 spiro atoms. The predicted octanol–water partition coefficient (Wildman–Crippen LogP) is 1.91. The molecule has 1 heterocycles. The summed E-state index contributed by atoms with van der Waals surface area (Å²) in [6.45, 7) is 4.10. The number of carbonyl (C=O) groups is 3. The summed E-state index contributed by atoms with van der Waals surface area (Å²) in [5.41, 5.74) is -0.0670. The van der Waals surface area contributed by atoms with Crippen molar-refractivity contribution in [3.8, 4) is 0 Å². The highest BCUT2D eigenvalue weighted by Gasteiger charge is 2.29. The number of hydrogen-bond acceptors (Lipinski definition) is 6. The number of amides is 3. The van der Waals surface area contributed by atoms with E-state index in [0.29, 0.717) is 19.6 Å². The van der Waals surface area contributed by atoms with Crippen molar-refractivity contribution in [2.45, 2.75) is 44.1 Å². The minimum atomic E-state index is -3.85. The van der Waals surface area contributed by atoms with Crippen molar-refractivity contribution < 1.29 is 27.5 Å². The largest absolute Gasteiger partial charge is 0.449 e. The Bertz CT molecular complexity index is 884. The van der Waals surface area contributed by atoms with Gasteiger partial charge in [0.05, 0.1) is 10.6 Å². The van der Waals surface area contributed by atoms with Gasteiger partial charge in [-0.2, -0.15) is 4.31 Å². The molecule has 1 aromatic rings. The number of carbonyl (C=O) groups excluding carboxylic acids is 3. The number of nitrogens with zero attached hydrogens (tertiary/aromatic N) is 1. The number of imide groups is 1. The lowest BCUT2D eigenvalue weighted by Gasteiger charge is -2.26. The number of benzene rings is 1. The smallest absolute Gasteiger partial charge is 0.338 e. The molecule has 11 heteroatoms. The fraction of sp³-hybridized carbons (Fsp3) is 0.500. The van der Waals surface area contributed by atoms with Crippen molar-refractivity contribution in [3.63, 3.8) is 0 Å². The third-order valence-electron chi connectivity index (χ3n) is 4.33.